The third kappa shape index (κ3) is 1.60. The van der Waals surface area contributed by atoms with Crippen molar-refractivity contribution >= 4 is 0 Å². The van der Waals surface area contributed by atoms with Crippen LogP contribution in [0.5, 0.6) is 11.5 Å². The van der Waals surface area contributed by atoms with E-state index in [0.29, 0.717) is 6.04 Å². The second kappa shape index (κ2) is 3.26. The van der Waals surface area contributed by atoms with Crippen LogP contribution < -0.4 is 5.32 Å². The molecule has 2 rings (SSSR count). The van der Waals surface area contributed by atoms with Crippen LogP contribution in [0.15, 0.2) is 18.2 Å². The summed E-state index contributed by atoms with van der Waals surface area (Å²) in [5, 5.41) is 21.7. The molecule has 70 valence electrons. The van der Waals surface area contributed by atoms with Gasteiger partial charge in [0.05, 0.1) is 0 Å². The Balaban J connectivity index is 2.25. The Morgan fingerprint density at radius 2 is 2.08 bits per heavy atom. The number of rotatable bonds is 1. The number of benzene rings is 1. The SMILES string of the molecule is Oc1ccc([C@H]2CCCN2)cc1O. The first kappa shape index (κ1) is 8.38. The minimum atomic E-state index is -0.0539. The zero-order valence-electron chi connectivity index (χ0n) is 7.33. The Morgan fingerprint density at radius 3 is 2.69 bits per heavy atom. The molecule has 0 aromatic heterocycles. The molecule has 13 heavy (non-hydrogen) atoms. The Bertz CT molecular complexity index is 306. The fourth-order valence-electron chi connectivity index (χ4n) is 1.73. The smallest absolute Gasteiger partial charge is 0.157 e. The fourth-order valence-corrected chi connectivity index (χ4v) is 1.73. The predicted molar refractivity (Wildman–Crippen MR) is 49.7 cm³/mol. The molecule has 1 heterocycles. The first-order valence-corrected chi connectivity index (χ1v) is 4.52. The van der Waals surface area contributed by atoms with Crippen molar-refractivity contribution < 1.29 is 10.2 Å². The molecule has 1 aromatic carbocycles. The molecule has 0 saturated carbocycles. The minimum Gasteiger partial charge on any atom is -0.504 e. The van der Waals surface area contributed by atoms with Crippen LogP contribution in [0.2, 0.25) is 0 Å². The fraction of sp³-hybridized carbons (Fsp3) is 0.400. The summed E-state index contributed by atoms with van der Waals surface area (Å²) in [4.78, 5) is 0. The molecule has 0 radical (unpaired) electrons. The second-order valence-electron chi connectivity index (χ2n) is 3.40. The Morgan fingerprint density at radius 1 is 1.23 bits per heavy atom. The van der Waals surface area contributed by atoms with Gasteiger partial charge in [-0.25, -0.2) is 0 Å². The molecule has 1 aliphatic heterocycles. The van der Waals surface area contributed by atoms with E-state index >= 15 is 0 Å². The molecule has 0 aliphatic carbocycles. The number of phenolic OH excluding ortho intramolecular Hbond substituents is 2. The van der Waals surface area contributed by atoms with Crippen molar-refractivity contribution in [1.82, 2.24) is 5.32 Å². The van der Waals surface area contributed by atoms with Gasteiger partial charge >= 0.3 is 0 Å². The molecule has 3 nitrogen and oxygen atoms in total. The molecule has 1 atom stereocenters. The van der Waals surface area contributed by atoms with E-state index < -0.39 is 0 Å². The van der Waals surface area contributed by atoms with Crippen LogP contribution in [0, 0.1) is 0 Å². The molecule has 1 aromatic rings. The summed E-state index contributed by atoms with van der Waals surface area (Å²) in [5.74, 6) is -0.0899. The van der Waals surface area contributed by atoms with E-state index in [4.69, 9.17) is 5.11 Å². The maximum Gasteiger partial charge on any atom is 0.157 e. The van der Waals surface area contributed by atoms with Gasteiger partial charge in [-0.3, -0.25) is 0 Å². The first-order chi connectivity index (χ1) is 6.27. The maximum atomic E-state index is 9.28. The quantitative estimate of drug-likeness (QED) is 0.573. The lowest BCUT2D eigenvalue weighted by molar-refractivity contribution is 0.402. The average Bonchev–Trinajstić information content (AvgIpc) is 2.62. The summed E-state index contributed by atoms with van der Waals surface area (Å²) >= 11 is 0. The van der Waals surface area contributed by atoms with Crippen molar-refractivity contribution in [1.29, 1.82) is 0 Å². The molecule has 0 amide bonds. The lowest BCUT2D eigenvalue weighted by Gasteiger charge is -2.10. The summed E-state index contributed by atoms with van der Waals surface area (Å²) in [6, 6.07) is 5.34. The second-order valence-corrected chi connectivity index (χ2v) is 3.40. The number of hydrogen-bond acceptors (Lipinski definition) is 3. The number of hydrogen-bond donors (Lipinski definition) is 3. The third-order valence-corrected chi connectivity index (χ3v) is 2.46. The van der Waals surface area contributed by atoms with Crippen molar-refractivity contribution in [3.63, 3.8) is 0 Å². The summed E-state index contributed by atoms with van der Waals surface area (Å²) in [6.45, 7) is 1.03. The van der Waals surface area contributed by atoms with E-state index in [0.717, 1.165) is 18.5 Å². The van der Waals surface area contributed by atoms with Gasteiger partial charge in [0.1, 0.15) is 0 Å². The maximum absolute atomic E-state index is 9.28. The van der Waals surface area contributed by atoms with Crippen molar-refractivity contribution in [3.05, 3.63) is 23.8 Å². The summed E-state index contributed by atoms with van der Waals surface area (Å²) in [6.07, 6.45) is 2.27. The molecule has 0 spiro atoms. The average molecular weight is 179 g/mol. The summed E-state index contributed by atoms with van der Waals surface area (Å²) in [5.41, 5.74) is 1.05. The molecule has 3 heteroatoms. The van der Waals surface area contributed by atoms with E-state index in [1.54, 1.807) is 6.07 Å². The molecule has 0 unspecified atom stereocenters. The van der Waals surface area contributed by atoms with Gasteiger partial charge in [-0.05, 0) is 37.1 Å². The van der Waals surface area contributed by atoms with Gasteiger partial charge in [-0.1, -0.05) is 6.07 Å². The lowest BCUT2D eigenvalue weighted by Crippen LogP contribution is -2.12. The molecule has 1 aliphatic rings. The van der Waals surface area contributed by atoms with E-state index in [-0.39, 0.29) is 11.5 Å². The van der Waals surface area contributed by atoms with Crippen LogP contribution in [-0.2, 0) is 0 Å². The van der Waals surface area contributed by atoms with E-state index in [9.17, 15) is 5.11 Å². The highest BCUT2D eigenvalue weighted by atomic mass is 16.3. The normalized spacial score (nSPS) is 22.0. The Kier molecular flexibility index (Phi) is 2.10. The Labute approximate surface area is 77.0 Å². The highest BCUT2D eigenvalue weighted by Gasteiger charge is 2.16. The molecule has 0 bridgehead atoms. The molecular formula is C10H13NO2. The number of nitrogens with one attached hydrogen (secondary N) is 1. The molecule has 3 N–H and O–H groups in total. The summed E-state index contributed by atoms with van der Waals surface area (Å²) < 4.78 is 0. The first-order valence-electron chi connectivity index (χ1n) is 4.52. The summed E-state index contributed by atoms with van der Waals surface area (Å²) in [7, 11) is 0. The highest BCUT2D eigenvalue weighted by molar-refractivity contribution is 5.41. The van der Waals surface area contributed by atoms with Gasteiger partial charge in [-0.2, -0.15) is 0 Å². The minimum absolute atomic E-state index is 0.0359. The van der Waals surface area contributed by atoms with E-state index in [2.05, 4.69) is 5.32 Å². The lowest BCUT2D eigenvalue weighted by atomic mass is 10.1. The topological polar surface area (TPSA) is 52.5 Å². The van der Waals surface area contributed by atoms with Crippen molar-refractivity contribution in [3.8, 4) is 11.5 Å². The Hall–Kier alpha value is -1.22. The van der Waals surface area contributed by atoms with E-state index in [1.165, 1.54) is 12.5 Å². The molecule has 1 fully saturated rings. The number of phenols is 2. The largest absolute Gasteiger partial charge is 0.504 e. The number of aromatic hydroxyl groups is 2. The third-order valence-electron chi connectivity index (χ3n) is 2.46. The van der Waals surface area contributed by atoms with Crippen LogP contribution in [0.4, 0.5) is 0 Å². The van der Waals surface area contributed by atoms with Crippen molar-refractivity contribution in [2.75, 3.05) is 6.54 Å². The van der Waals surface area contributed by atoms with Crippen LogP contribution in [0.3, 0.4) is 0 Å². The predicted octanol–water partition coefficient (Wildman–Crippen LogP) is 1.52. The van der Waals surface area contributed by atoms with Gasteiger partial charge in [0.15, 0.2) is 11.5 Å². The molecular weight excluding hydrogens is 166 g/mol. The van der Waals surface area contributed by atoms with Gasteiger partial charge in [-0.15, -0.1) is 0 Å². The van der Waals surface area contributed by atoms with Crippen LogP contribution in [0.25, 0.3) is 0 Å². The van der Waals surface area contributed by atoms with Gasteiger partial charge in [0.2, 0.25) is 0 Å². The zero-order valence-corrected chi connectivity index (χ0v) is 7.33. The standard InChI is InChI=1S/C10H13NO2/c12-9-4-3-7(6-10(9)13)8-2-1-5-11-8/h3-4,6,8,11-13H,1-2,5H2/t8-/m1/s1. The molecule has 1 saturated heterocycles. The van der Waals surface area contributed by atoms with E-state index in [1.807, 2.05) is 6.07 Å². The van der Waals surface area contributed by atoms with Gasteiger partial charge in [0.25, 0.3) is 0 Å². The van der Waals surface area contributed by atoms with Gasteiger partial charge in [0, 0.05) is 6.04 Å². The van der Waals surface area contributed by atoms with Gasteiger partial charge < -0.3 is 15.5 Å². The monoisotopic (exact) mass is 179 g/mol. The zero-order chi connectivity index (χ0) is 9.26. The van der Waals surface area contributed by atoms with Crippen LogP contribution in [0.1, 0.15) is 24.4 Å². The van der Waals surface area contributed by atoms with Crippen LogP contribution >= 0.6 is 0 Å². The van der Waals surface area contributed by atoms with Crippen molar-refractivity contribution in [2.45, 2.75) is 18.9 Å². The van der Waals surface area contributed by atoms with Crippen LogP contribution in [-0.4, -0.2) is 16.8 Å². The van der Waals surface area contributed by atoms with Crippen molar-refractivity contribution in [2.24, 2.45) is 0 Å². The highest BCUT2D eigenvalue weighted by Crippen LogP contribution is 2.30.